The monoisotopic (exact) mass is 257 g/mol. The highest BCUT2D eigenvalue weighted by atomic mass is 16.2. The zero-order chi connectivity index (χ0) is 13.4. The zero-order valence-corrected chi connectivity index (χ0v) is 11.5. The Labute approximate surface area is 113 Å². The van der Waals surface area contributed by atoms with E-state index in [1.807, 2.05) is 17.9 Å². The molecule has 19 heavy (non-hydrogen) atoms. The summed E-state index contributed by atoms with van der Waals surface area (Å²) in [5.74, 6) is 0.711. The van der Waals surface area contributed by atoms with Crippen molar-refractivity contribution >= 4 is 11.6 Å². The first-order valence-corrected chi connectivity index (χ1v) is 6.85. The van der Waals surface area contributed by atoms with Gasteiger partial charge in [0, 0.05) is 37.8 Å². The molecule has 1 aliphatic rings. The number of aromatic nitrogens is 2. The lowest BCUT2D eigenvalue weighted by Crippen LogP contribution is -2.36. The van der Waals surface area contributed by atoms with Gasteiger partial charge in [0.15, 0.2) is 0 Å². The van der Waals surface area contributed by atoms with Crippen LogP contribution in [-0.4, -0.2) is 33.3 Å². The fourth-order valence-electron chi connectivity index (χ4n) is 2.98. The number of hydrogen-bond donors (Lipinski definition) is 0. The average molecular weight is 257 g/mol. The molecule has 0 bridgehead atoms. The third-order valence-corrected chi connectivity index (χ3v) is 4.00. The van der Waals surface area contributed by atoms with Crippen molar-refractivity contribution in [3.8, 4) is 0 Å². The summed E-state index contributed by atoms with van der Waals surface area (Å²) in [5, 5.41) is 0. The second kappa shape index (κ2) is 4.68. The summed E-state index contributed by atoms with van der Waals surface area (Å²) in [7, 11) is 0. The van der Waals surface area contributed by atoms with E-state index in [0.717, 1.165) is 37.3 Å². The van der Waals surface area contributed by atoms with Gasteiger partial charge in [0.25, 0.3) is 0 Å². The first kappa shape index (κ1) is 12.2. The van der Waals surface area contributed by atoms with Gasteiger partial charge in [-0.2, -0.15) is 0 Å². The van der Waals surface area contributed by atoms with E-state index in [1.54, 1.807) is 6.92 Å². The summed E-state index contributed by atoms with van der Waals surface area (Å²) in [4.78, 5) is 17.8. The van der Waals surface area contributed by atoms with Gasteiger partial charge < -0.3 is 9.30 Å². The topological polar surface area (TPSA) is 37.6 Å². The molecule has 0 atom stereocenters. The molecule has 1 fully saturated rings. The molecular formula is C15H19N3O. The van der Waals surface area contributed by atoms with Gasteiger partial charge in [-0.1, -0.05) is 6.07 Å². The Hall–Kier alpha value is -1.84. The van der Waals surface area contributed by atoms with Crippen LogP contribution in [0.1, 0.15) is 37.1 Å². The number of aryl methyl sites for hydroxylation is 1. The lowest BCUT2D eigenvalue weighted by atomic mass is 9.93. The highest BCUT2D eigenvalue weighted by Crippen LogP contribution is 2.28. The van der Waals surface area contributed by atoms with E-state index in [9.17, 15) is 4.79 Å². The Balaban J connectivity index is 1.87. The fourth-order valence-corrected chi connectivity index (χ4v) is 2.98. The summed E-state index contributed by atoms with van der Waals surface area (Å²) in [6, 6.07) is 6.30. The van der Waals surface area contributed by atoms with Gasteiger partial charge >= 0.3 is 0 Å². The third kappa shape index (κ3) is 2.23. The normalized spacial score (nSPS) is 17.1. The number of pyridine rings is 1. The molecule has 2 aromatic heterocycles. The molecule has 0 N–H and O–H groups in total. The van der Waals surface area contributed by atoms with Crippen molar-refractivity contribution in [2.24, 2.45) is 0 Å². The molecule has 0 saturated carbocycles. The third-order valence-electron chi connectivity index (χ3n) is 4.00. The number of imidazole rings is 1. The first-order valence-electron chi connectivity index (χ1n) is 6.85. The Morgan fingerprint density at radius 3 is 2.74 bits per heavy atom. The van der Waals surface area contributed by atoms with Crippen molar-refractivity contribution in [2.45, 2.75) is 32.6 Å². The predicted molar refractivity (Wildman–Crippen MR) is 74.2 cm³/mol. The molecule has 4 nitrogen and oxygen atoms in total. The molecule has 3 heterocycles. The SMILES string of the molecule is CC(=O)N1CCC(c2cccc3nc(C)cn23)CC1. The van der Waals surface area contributed by atoms with Crippen LogP contribution >= 0.6 is 0 Å². The van der Waals surface area contributed by atoms with Crippen molar-refractivity contribution in [3.05, 3.63) is 35.8 Å². The van der Waals surface area contributed by atoms with Crippen LogP contribution in [0.15, 0.2) is 24.4 Å². The minimum atomic E-state index is 0.190. The van der Waals surface area contributed by atoms with Crippen LogP contribution in [0.3, 0.4) is 0 Å². The van der Waals surface area contributed by atoms with Gasteiger partial charge in [0.2, 0.25) is 5.91 Å². The van der Waals surface area contributed by atoms with E-state index < -0.39 is 0 Å². The number of nitrogens with zero attached hydrogens (tertiary/aromatic N) is 3. The zero-order valence-electron chi connectivity index (χ0n) is 11.5. The Kier molecular flexibility index (Phi) is 3.01. The second-order valence-electron chi connectivity index (χ2n) is 5.34. The lowest BCUT2D eigenvalue weighted by molar-refractivity contribution is -0.129. The van der Waals surface area contributed by atoms with Gasteiger partial charge in [-0.15, -0.1) is 0 Å². The van der Waals surface area contributed by atoms with Crippen LogP contribution in [0.2, 0.25) is 0 Å². The number of carbonyl (C=O) groups is 1. The molecule has 1 saturated heterocycles. The number of piperidine rings is 1. The van der Waals surface area contributed by atoms with Gasteiger partial charge in [0.1, 0.15) is 5.65 Å². The Morgan fingerprint density at radius 1 is 1.32 bits per heavy atom. The quantitative estimate of drug-likeness (QED) is 0.786. The number of carbonyl (C=O) groups excluding carboxylic acids is 1. The van der Waals surface area contributed by atoms with Crippen molar-refractivity contribution in [1.82, 2.24) is 14.3 Å². The molecule has 1 amide bonds. The van der Waals surface area contributed by atoms with Gasteiger partial charge in [-0.05, 0) is 31.9 Å². The maximum Gasteiger partial charge on any atom is 0.219 e. The number of amides is 1. The van der Waals surface area contributed by atoms with Crippen molar-refractivity contribution in [3.63, 3.8) is 0 Å². The molecular weight excluding hydrogens is 238 g/mol. The number of fused-ring (bicyclic) bond motifs is 1. The van der Waals surface area contributed by atoms with Gasteiger partial charge in [-0.3, -0.25) is 4.79 Å². The summed E-state index contributed by atoms with van der Waals surface area (Å²) < 4.78 is 2.20. The maximum absolute atomic E-state index is 11.4. The van der Waals surface area contributed by atoms with Gasteiger partial charge in [0.05, 0.1) is 5.69 Å². The first-order chi connectivity index (χ1) is 9.15. The average Bonchev–Trinajstić information content (AvgIpc) is 2.78. The highest BCUT2D eigenvalue weighted by molar-refractivity contribution is 5.73. The molecule has 4 heteroatoms. The maximum atomic E-state index is 11.4. The van der Waals surface area contributed by atoms with Crippen molar-refractivity contribution < 1.29 is 4.79 Å². The van der Waals surface area contributed by atoms with E-state index in [0.29, 0.717) is 5.92 Å². The standard InChI is InChI=1S/C15H19N3O/c1-11-10-18-14(4-3-5-15(18)16-11)13-6-8-17(9-7-13)12(2)19/h3-5,10,13H,6-9H2,1-2H3. The fraction of sp³-hybridized carbons (Fsp3) is 0.467. The largest absolute Gasteiger partial charge is 0.343 e. The second-order valence-corrected chi connectivity index (χ2v) is 5.34. The van der Waals surface area contributed by atoms with E-state index >= 15 is 0 Å². The number of hydrogen-bond acceptors (Lipinski definition) is 2. The summed E-state index contributed by atoms with van der Waals surface area (Å²) in [6.45, 7) is 5.41. The molecule has 0 unspecified atom stereocenters. The van der Waals surface area contributed by atoms with Crippen LogP contribution in [-0.2, 0) is 4.79 Å². The van der Waals surface area contributed by atoms with E-state index in [4.69, 9.17) is 0 Å². The van der Waals surface area contributed by atoms with Crippen molar-refractivity contribution in [1.29, 1.82) is 0 Å². The smallest absolute Gasteiger partial charge is 0.219 e. The van der Waals surface area contributed by atoms with Crippen LogP contribution in [0, 0.1) is 6.92 Å². The van der Waals surface area contributed by atoms with Crippen LogP contribution in [0.5, 0.6) is 0 Å². The van der Waals surface area contributed by atoms with E-state index in [1.165, 1.54) is 5.69 Å². The molecule has 3 rings (SSSR count). The minimum absolute atomic E-state index is 0.190. The molecule has 1 aliphatic heterocycles. The van der Waals surface area contributed by atoms with Crippen molar-refractivity contribution in [2.75, 3.05) is 13.1 Å². The molecule has 0 radical (unpaired) electrons. The van der Waals surface area contributed by atoms with Crippen LogP contribution in [0.4, 0.5) is 0 Å². The molecule has 100 valence electrons. The Morgan fingerprint density at radius 2 is 2.05 bits per heavy atom. The highest BCUT2D eigenvalue weighted by Gasteiger charge is 2.23. The van der Waals surface area contributed by atoms with E-state index in [2.05, 4.69) is 27.7 Å². The molecule has 2 aromatic rings. The Bertz CT molecular complexity index is 609. The molecule has 0 aliphatic carbocycles. The number of likely N-dealkylation sites (tertiary alicyclic amines) is 1. The molecule has 0 spiro atoms. The van der Waals surface area contributed by atoms with E-state index in [-0.39, 0.29) is 5.91 Å². The lowest BCUT2D eigenvalue weighted by Gasteiger charge is -2.31. The predicted octanol–water partition coefficient (Wildman–Crippen LogP) is 2.37. The van der Waals surface area contributed by atoms with Crippen LogP contribution in [0.25, 0.3) is 5.65 Å². The minimum Gasteiger partial charge on any atom is -0.343 e. The number of rotatable bonds is 1. The van der Waals surface area contributed by atoms with Crippen LogP contribution < -0.4 is 0 Å². The summed E-state index contributed by atoms with van der Waals surface area (Å²) >= 11 is 0. The summed E-state index contributed by atoms with van der Waals surface area (Å²) in [5.41, 5.74) is 3.39. The van der Waals surface area contributed by atoms with Gasteiger partial charge in [-0.25, -0.2) is 4.98 Å². The summed E-state index contributed by atoms with van der Waals surface area (Å²) in [6.07, 6.45) is 4.17. The molecule has 0 aromatic carbocycles.